The van der Waals surface area contributed by atoms with Crippen molar-refractivity contribution in [3.8, 4) is 6.07 Å². The molecule has 1 heterocycles. The van der Waals surface area contributed by atoms with Crippen LogP contribution in [0.5, 0.6) is 0 Å². The molecule has 4 heteroatoms. The van der Waals surface area contributed by atoms with Gasteiger partial charge in [0.1, 0.15) is 5.60 Å². The van der Waals surface area contributed by atoms with Crippen molar-refractivity contribution in [3.63, 3.8) is 0 Å². The molecule has 84 valence electrons. The molecule has 0 radical (unpaired) electrons. The molecule has 0 aliphatic carbocycles. The molecule has 0 N–H and O–H groups in total. The lowest BCUT2D eigenvalue weighted by molar-refractivity contribution is -0.00562. The van der Waals surface area contributed by atoms with Gasteiger partial charge in [-0.1, -0.05) is 0 Å². The number of hydrogen-bond donors (Lipinski definition) is 0. The van der Waals surface area contributed by atoms with Crippen LogP contribution in [-0.2, 0) is 4.74 Å². The minimum absolute atomic E-state index is 0.0173. The third kappa shape index (κ3) is 3.12. The molecule has 1 atom stereocenters. The van der Waals surface area contributed by atoms with E-state index >= 15 is 0 Å². The van der Waals surface area contributed by atoms with Gasteiger partial charge in [0, 0.05) is 24.9 Å². The van der Waals surface area contributed by atoms with Gasteiger partial charge in [-0.15, -0.1) is 0 Å². The summed E-state index contributed by atoms with van der Waals surface area (Å²) in [6.07, 6.45) is -0.274. The number of likely N-dealkylation sites (tertiary alicyclic amines) is 1. The lowest BCUT2D eigenvalue weighted by atomic mass is 9.88. The standard InChI is InChI=1S/C11H18N2O2/c1-8(5-12)9-6-13(7-9)10(14)15-11(2,3)4/h8-9H,6-7H2,1-4H3. The van der Waals surface area contributed by atoms with E-state index in [0.717, 1.165) is 0 Å². The van der Waals surface area contributed by atoms with E-state index in [2.05, 4.69) is 6.07 Å². The van der Waals surface area contributed by atoms with Gasteiger partial charge in [0.25, 0.3) is 0 Å². The molecule has 1 rings (SSSR count). The van der Waals surface area contributed by atoms with Crippen molar-refractivity contribution in [1.82, 2.24) is 4.90 Å². The fourth-order valence-corrected chi connectivity index (χ4v) is 1.41. The van der Waals surface area contributed by atoms with Crippen molar-refractivity contribution in [1.29, 1.82) is 5.26 Å². The second-order valence-corrected chi connectivity index (χ2v) is 5.06. The summed E-state index contributed by atoms with van der Waals surface area (Å²) in [6.45, 7) is 8.71. The van der Waals surface area contributed by atoms with Crippen molar-refractivity contribution in [2.75, 3.05) is 13.1 Å². The summed E-state index contributed by atoms with van der Waals surface area (Å²) in [6, 6.07) is 2.20. The van der Waals surface area contributed by atoms with Gasteiger partial charge in [-0.25, -0.2) is 4.79 Å². The van der Waals surface area contributed by atoms with Gasteiger partial charge in [0.2, 0.25) is 0 Å². The van der Waals surface area contributed by atoms with Crippen LogP contribution in [0.2, 0.25) is 0 Å². The molecule has 0 aromatic carbocycles. The predicted octanol–water partition coefficient (Wildman–Crippen LogP) is 2.01. The number of rotatable bonds is 1. The Kier molecular flexibility index (Phi) is 3.23. The lowest BCUT2D eigenvalue weighted by Crippen LogP contribution is -2.53. The first-order valence-corrected chi connectivity index (χ1v) is 5.21. The van der Waals surface area contributed by atoms with Crippen LogP contribution in [0.15, 0.2) is 0 Å². The molecular formula is C11H18N2O2. The molecule has 1 amide bonds. The van der Waals surface area contributed by atoms with Crippen LogP contribution in [0, 0.1) is 23.2 Å². The summed E-state index contributed by atoms with van der Waals surface area (Å²) < 4.78 is 5.21. The molecule has 1 fully saturated rings. The summed E-state index contributed by atoms with van der Waals surface area (Å²) in [5.41, 5.74) is -0.441. The van der Waals surface area contributed by atoms with Crippen LogP contribution >= 0.6 is 0 Å². The zero-order valence-corrected chi connectivity index (χ0v) is 9.78. The summed E-state index contributed by atoms with van der Waals surface area (Å²) in [7, 11) is 0. The lowest BCUT2D eigenvalue weighted by Gasteiger charge is -2.40. The maximum absolute atomic E-state index is 11.5. The predicted molar refractivity (Wildman–Crippen MR) is 56.1 cm³/mol. The molecule has 0 aromatic heterocycles. The first kappa shape index (κ1) is 11.8. The van der Waals surface area contributed by atoms with E-state index in [1.54, 1.807) is 4.90 Å². The number of nitriles is 1. The molecule has 0 aromatic rings. The van der Waals surface area contributed by atoms with Crippen LogP contribution in [0.1, 0.15) is 27.7 Å². The molecule has 1 unspecified atom stereocenters. The maximum atomic E-state index is 11.5. The smallest absolute Gasteiger partial charge is 0.410 e. The number of carbonyl (C=O) groups excluding carboxylic acids is 1. The molecule has 0 saturated carbocycles. The second-order valence-electron chi connectivity index (χ2n) is 5.06. The van der Waals surface area contributed by atoms with Crippen molar-refractivity contribution in [2.24, 2.45) is 11.8 Å². The van der Waals surface area contributed by atoms with Gasteiger partial charge in [-0.2, -0.15) is 5.26 Å². The van der Waals surface area contributed by atoms with Gasteiger partial charge in [-0.05, 0) is 27.7 Å². The summed E-state index contributed by atoms with van der Waals surface area (Å²) in [5.74, 6) is 0.325. The van der Waals surface area contributed by atoms with Crippen molar-refractivity contribution >= 4 is 6.09 Å². The van der Waals surface area contributed by atoms with Gasteiger partial charge >= 0.3 is 6.09 Å². The molecule has 15 heavy (non-hydrogen) atoms. The number of carbonyl (C=O) groups is 1. The fourth-order valence-electron chi connectivity index (χ4n) is 1.41. The summed E-state index contributed by atoms with van der Waals surface area (Å²) >= 11 is 0. The van der Waals surface area contributed by atoms with E-state index in [0.29, 0.717) is 19.0 Å². The Morgan fingerprint density at radius 1 is 1.53 bits per heavy atom. The number of amides is 1. The molecule has 4 nitrogen and oxygen atoms in total. The monoisotopic (exact) mass is 210 g/mol. The quantitative estimate of drug-likeness (QED) is 0.665. The van der Waals surface area contributed by atoms with Gasteiger partial charge in [0.15, 0.2) is 0 Å². The second kappa shape index (κ2) is 4.09. The van der Waals surface area contributed by atoms with Crippen LogP contribution in [0.3, 0.4) is 0 Å². The highest BCUT2D eigenvalue weighted by atomic mass is 16.6. The van der Waals surface area contributed by atoms with Gasteiger partial charge < -0.3 is 9.64 Å². The molecule has 0 spiro atoms. The number of nitrogens with zero attached hydrogens (tertiary/aromatic N) is 2. The van der Waals surface area contributed by atoms with Gasteiger partial charge in [0.05, 0.1) is 6.07 Å². The number of hydrogen-bond acceptors (Lipinski definition) is 3. The van der Waals surface area contributed by atoms with Crippen LogP contribution in [0.25, 0.3) is 0 Å². The zero-order valence-electron chi connectivity index (χ0n) is 9.78. The van der Waals surface area contributed by atoms with E-state index in [-0.39, 0.29) is 12.0 Å². The van der Waals surface area contributed by atoms with Crippen LogP contribution < -0.4 is 0 Å². The Morgan fingerprint density at radius 3 is 2.47 bits per heavy atom. The zero-order chi connectivity index (χ0) is 11.6. The minimum Gasteiger partial charge on any atom is -0.444 e. The topological polar surface area (TPSA) is 53.3 Å². The summed E-state index contributed by atoms with van der Waals surface area (Å²) in [5, 5.41) is 8.70. The fraction of sp³-hybridized carbons (Fsp3) is 0.818. The molecular weight excluding hydrogens is 192 g/mol. The first-order chi connectivity index (χ1) is 6.83. The Bertz CT molecular complexity index is 282. The largest absolute Gasteiger partial charge is 0.444 e. The highest BCUT2D eigenvalue weighted by Gasteiger charge is 2.36. The van der Waals surface area contributed by atoms with E-state index in [1.807, 2.05) is 27.7 Å². The Balaban J connectivity index is 2.34. The average Bonchev–Trinajstić information content (AvgIpc) is 1.97. The van der Waals surface area contributed by atoms with Crippen LogP contribution in [-0.4, -0.2) is 29.7 Å². The third-order valence-corrected chi connectivity index (χ3v) is 2.47. The highest BCUT2D eigenvalue weighted by Crippen LogP contribution is 2.25. The van der Waals surface area contributed by atoms with E-state index < -0.39 is 5.60 Å². The first-order valence-electron chi connectivity index (χ1n) is 5.21. The third-order valence-electron chi connectivity index (χ3n) is 2.47. The molecule has 1 aliphatic rings. The van der Waals surface area contributed by atoms with Crippen LogP contribution in [0.4, 0.5) is 4.79 Å². The Hall–Kier alpha value is -1.24. The van der Waals surface area contributed by atoms with E-state index in [9.17, 15) is 4.79 Å². The van der Waals surface area contributed by atoms with Crippen molar-refractivity contribution in [3.05, 3.63) is 0 Å². The highest BCUT2D eigenvalue weighted by molar-refractivity contribution is 5.69. The molecule has 1 aliphatic heterocycles. The average molecular weight is 210 g/mol. The Labute approximate surface area is 90.8 Å². The van der Waals surface area contributed by atoms with Crippen molar-refractivity contribution < 1.29 is 9.53 Å². The van der Waals surface area contributed by atoms with E-state index in [4.69, 9.17) is 10.00 Å². The van der Waals surface area contributed by atoms with Crippen molar-refractivity contribution in [2.45, 2.75) is 33.3 Å². The van der Waals surface area contributed by atoms with Gasteiger partial charge in [-0.3, -0.25) is 0 Å². The Morgan fingerprint density at radius 2 is 2.07 bits per heavy atom. The normalized spacial score (nSPS) is 19.0. The minimum atomic E-state index is -0.441. The molecule has 1 saturated heterocycles. The summed E-state index contributed by atoms with van der Waals surface area (Å²) in [4.78, 5) is 13.2. The number of ether oxygens (including phenoxy) is 1. The van der Waals surface area contributed by atoms with E-state index in [1.165, 1.54) is 0 Å². The SMILES string of the molecule is CC(C#N)C1CN(C(=O)OC(C)(C)C)C1. The molecule has 0 bridgehead atoms. The maximum Gasteiger partial charge on any atom is 0.410 e.